The third kappa shape index (κ3) is 4.61. The Kier molecular flexibility index (Phi) is 5.71. The molecule has 0 spiro atoms. The van der Waals surface area contributed by atoms with Crippen LogP contribution in [0.2, 0.25) is 0 Å². The van der Waals surface area contributed by atoms with Crippen LogP contribution in [0.5, 0.6) is 0 Å². The third-order valence-electron chi connectivity index (χ3n) is 3.07. The fourth-order valence-corrected chi connectivity index (χ4v) is 2.60. The van der Waals surface area contributed by atoms with Crippen molar-refractivity contribution in [2.45, 2.75) is 38.0 Å². The van der Waals surface area contributed by atoms with Crippen molar-refractivity contribution in [2.24, 2.45) is 5.14 Å². The molecule has 112 valence electrons. The van der Waals surface area contributed by atoms with E-state index in [4.69, 9.17) is 5.14 Å². The van der Waals surface area contributed by atoms with Crippen molar-refractivity contribution in [1.82, 2.24) is 4.90 Å². The first kappa shape index (κ1) is 16.7. The summed E-state index contributed by atoms with van der Waals surface area (Å²) in [6.07, 6.45) is 3.09. The first-order chi connectivity index (χ1) is 9.25. The fourth-order valence-electron chi connectivity index (χ4n) is 1.96. The van der Waals surface area contributed by atoms with Gasteiger partial charge in [-0.15, -0.1) is 0 Å². The SMILES string of the molecule is CCCCCN(C)C(=O)c1cc(C)cc(S(N)(=O)=O)c1. The molecule has 0 saturated carbocycles. The monoisotopic (exact) mass is 298 g/mol. The molecule has 1 aromatic carbocycles. The molecule has 0 bridgehead atoms. The number of carbonyl (C=O) groups is 1. The van der Waals surface area contributed by atoms with Crippen molar-refractivity contribution in [3.63, 3.8) is 0 Å². The van der Waals surface area contributed by atoms with Gasteiger partial charge < -0.3 is 4.90 Å². The lowest BCUT2D eigenvalue weighted by molar-refractivity contribution is 0.0792. The van der Waals surface area contributed by atoms with E-state index in [1.54, 1.807) is 24.9 Å². The highest BCUT2D eigenvalue weighted by Crippen LogP contribution is 2.15. The standard InChI is InChI=1S/C14H22N2O3S/c1-4-5-6-7-16(3)14(17)12-8-11(2)9-13(10-12)20(15,18)19/h8-10H,4-7H2,1-3H3,(H2,15,18,19). The topological polar surface area (TPSA) is 80.5 Å². The van der Waals surface area contributed by atoms with Crippen LogP contribution in [0.4, 0.5) is 0 Å². The van der Waals surface area contributed by atoms with Crippen LogP contribution in [0, 0.1) is 6.92 Å². The molecule has 0 saturated heterocycles. The van der Waals surface area contributed by atoms with E-state index in [0.29, 0.717) is 17.7 Å². The predicted molar refractivity (Wildman–Crippen MR) is 79.0 cm³/mol. The second-order valence-corrected chi connectivity index (χ2v) is 6.57. The summed E-state index contributed by atoms with van der Waals surface area (Å²) in [5, 5.41) is 5.12. The molecule has 5 nitrogen and oxygen atoms in total. The van der Waals surface area contributed by atoms with Crippen molar-refractivity contribution in [3.8, 4) is 0 Å². The van der Waals surface area contributed by atoms with E-state index in [-0.39, 0.29) is 10.8 Å². The Hall–Kier alpha value is -1.40. The maximum absolute atomic E-state index is 12.3. The predicted octanol–water partition coefficient (Wildman–Crippen LogP) is 1.90. The van der Waals surface area contributed by atoms with Gasteiger partial charge in [0, 0.05) is 19.2 Å². The summed E-state index contributed by atoms with van der Waals surface area (Å²) in [7, 11) is -2.08. The van der Waals surface area contributed by atoms with Crippen LogP contribution >= 0.6 is 0 Å². The molecule has 0 aliphatic carbocycles. The molecular weight excluding hydrogens is 276 g/mol. The number of hydrogen-bond donors (Lipinski definition) is 1. The molecule has 1 amide bonds. The van der Waals surface area contributed by atoms with Crippen LogP contribution in [0.25, 0.3) is 0 Å². The van der Waals surface area contributed by atoms with Gasteiger partial charge in [0.05, 0.1) is 4.90 Å². The van der Waals surface area contributed by atoms with E-state index in [2.05, 4.69) is 6.92 Å². The van der Waals surface area contributed by atoms with Crippen molar-refractivity contribution in [3.05, 3.63) is 29.3 Å². The van der Waals surface area contributed by atoms with Gasteiger partial charge in [-0.25, -0.2) is 13.6 Å². The quantitative estimate of drug-likeness (QED) is 0.815. The first-order valence-corrected chi connectivity index (χ1v) is 8.20. The molecule has 6 heteroatoms. The lowest BCUT2D eigenvalue weighted by Crippen LogP contribution is -2.28. The number of hydrogen-bond acceptors (Lipinski definition) is 3. The fraction of sp³-hybridized carbons (Fsp3) is 0.500. The number of amides is 1. The number of carbonyl (C=O) groups excluding carboxylic acids is 1. The Bertz CT molecular complexity index is 582. The van der Waals surface area contributed by atoms with Crippen LogP contribution in [0.1, 0.15) is 42.1 Å². The Morgan fingerprint density at radius 3 is 2.45 bits per heavy atom. The first-order valence-electron chi connectivity index (χ1n) is 6.65. The van der Waals surface area contributed by atoms with Crippen LogP contribution < -0.4 is 5.14 Å². The molecule has 0 radical (unpaired) electrons. The maximum Gasteiger partial charge on any atom is 0.253 e. The van der Waals surface area contributed by atoms with E-state index < -0.39 is 10.0 Å². The Morgan fingerprint density at radius 1 is 1.25 bits per heavy atom. The molecule has 0 heterocycles. The zero-order chi connectivity index (χ0) is 15.3. The molecular formula is C14H22N2O3S. The van der Waals surface area contributed by atoms with Crippen molar-refractivity contribution in [1.29, 1.82) is 0 Å². The van der Waals surface area contributed by atoms with Crippen LogP contribution in [0.15, 0.2) is 23.1 Å². The Balaban J connectivity index is 2.96. The minimum absolute atomic E-state index is 0.0252. The number of unbranched alkanes of at least 4 members (excludes halogenated alkanes) is 2. The molecule has 0 unspecified atom stereocenters. The number of aryl methyl sites for hydroxylation is 1. The smallest absolute Gasteiger partial charge is 0.253 e. The lowest BCUT2D eigenvalue weighted by atomic mass is 10.1. The van der Waals surface area contributed by atoms with Gasteiger partial charge in [-0.3, -0.25) is 4.79 Å². The second kappa shape index (κ2) is 6.85. The summed E-state index contributed by atoms with van der Waals surface area (Å²) in [4.78, 5) is 13.8. The van der Waals surface area contributed by atoms with E-state index in [0.717, 1.165) is 19.3 Å². The highest BCUT2D eigenvalue weighted by atomic mass is 32.2. The van der Waals surface area contributed by atoms with Crippen LogP contribution in [0.3, 0.4) is 0 Å². The number of primary sulfonamides is 1. The van der Waals surface area contributed by atoms with Gasteiger partial charge in [0.1, 0.15) is 0 Å². The summed E-state index contributed by atoms with van der Waals surface area (Å²) in [6, 6.07) is 4.47. The zero-order valence-corrected chi connectivity index (χ0v) is 13.0. The minimum atomic E-state index is -3.80. The summed E-state index contributed by atoms with van der Waals surface area (Å²) < 4.78 is 22.8. The average molecular weight is 298 g/mol. The molecule has 0 aromatic heterocycles. The number of nitrogens with zero attached hydrogens (tertiary/aromatic N) is 1. The van der Waals surface area contributed by atoms with E-state index in [1.165, 1.54) is 12.1 Å². The van der Waals surface area contributed by atoms with Gasteiger partial charge in [-0.1, -0.05) is 19.8 Å². The Labute approximate surface area is 120 Å². The maximum atomic E-state index is 12.3. The Morgan fingerprint density at radius 2 is 1.90 bits per heavy atom. The van der Waals surface area contributed by atoms with E-state index in [1.807, 2.05) is 0 Å². The van der Waals surface area contributed by atoms with Crippen molar-refractivity contribution < 1.29 is 13.2 Å². The second-order valence-electron chi connectivity index (χ2n) is 5.01. The summed E-state index contributed by atoms with van der Waals surface area (Å²) in [5.41, 5.74) is 1.05. The van der Waals surface area contributed by atoms with Crippen molar-refractivity contribution >= 4 is 15.9 Å². The normalized spacial score (nSPS) is 11.4. The number of benzene rings is 1. The number of sulfonamides is 1. The highest BCUT2D eigenvalue weighted by Gasteiger charge is 2.16. The van der Waals surface area contributed by atoms with Gasteiger partial charge in [-0.2, -0.15) is 0 Å². The molecule has 20 heavy (non-hydrogen) atoms. The minimum Gasteiger partial charge on any atom is -0.342 e. The van der Waals surface area contributed by atoms with Crippen molar-refractivity contribution in [2.75, 3.05) is 13.6 Å². The number of nitrogens with two attached hydrogens (primary N) is 1. The molecule has 0 atom stereocenters. The van der Waals surface area contributed by atoms with Gasteiger partial charge in [-0.05, 0) is 37.1 Å². The highest BCUT2D eigenvalue weighted by molar-refractivity contribution is 7.89. The van der Waals surface area contributed by atoms with E-state index >= 15 is 0 Å². The summed E-state index contributed by atoms with van der Waals surface area (Å²) in [5.74, 6) is -0.185. The molecule has 1 aromatic rings. The van der Waals surface area contributed by atoms with E-state index in [9.17, 15) is 13.2 Å². The van der Waals surface area contributed by atoms with Gasteiger partial charge in [0.25, 0.3) is 5.91 Å². The molecule has 0 aliphatic heterocycles. The summed E-state index contributed by atoms with van der Waals surface area (Å²) in [6.45, 7) is 4.49. The molecule has 1 rings (SSSR count). The van der Waals surface area contributed by atoms with Crippen LogP contribution in [-0.4, -0.2) is 32.8 Å². The van der Waals surface area contributed by atoms with Gasteiger partial charge in [0.15, 0.2) is 0 Å². The number of rotatable bonds is 6. The molecule has 2 N–H and O–H groups in total. The average Bonchev–Trinajstić information content (AvgIpc) is 2.36. The van der Waals surface area contributed by atoms with Gasteiger partial charge >= 0.3 is 0 Å². The third-order valence-corrected chi connectivity index (χ3v) is 3.96. The largest absolute Gasteiger partial charge is 0.342 e. The zero-order valence-electron chi connectivity index (χ0n) is 12.2. The van der Waals surface area contributed by atoms with Gasteiger partial charge in [0.2, 0.25) is 10.0 Å². The lowest BCUT2D eigenvalue weighted by Gasteiger charge is -2.17. The summed E-state index contributed by atoms with van der Waals surface area (Å²) >= 11 is 0. The molecule has 0 fully saturated rings. The molecule has 0 aliphatic rings. The van der Waals surface area contributed by atoms with Crippen LogP contribution in [-0.2, 0) is 10.0 Å².